The second-order valence-corrected chi connectivity index (χ2v) is 7.47. The zero-order chi connectivity index (χ0) is 18.1. The normalized spacial score (nSPS) is 16.7. The summed E-state index contributed by atoms with van der Waals surface area (Å²) in [4.78, 5) is 8.56. The lowest BCUT2D eigenvalue weighted by Crippen LogP contribution is -2.40. The van der Waals surface area contributed by atoms with Crippen LogP contribution in [0.2, 0.25) is 10.0 Å². The van der Waals surface area contributed by atoms with Gasteiger partial charge in [0.05, 0.1) is 0 Å². The topological polar surface area (TPSA) is 64.3 Å². The Morgan fingerprint density at radius 3 is 2.81 bits per heavy atom. The van der Waals surface area contributed by atoms with Crippen LogP contribution in [-0.2, 0) is 10.2 Å². The molecule has 3 heterocycles. The van der Waals surface area contributed by atoms with E-state index >= 15 is 0 Å². The van der Waals surface area contributed by atoms with Crippen molar-refractivity contribution in [3.05, 3.63) is 51.9 Å². The van der Waals surface area contributed by atoms with Crippen molar-refractivity contribution in [2.24, 2.45) is 0 Å². The molecule has 1 aliphatic rings. The molecule has 136 valence electrons. The molecule has 26 heavy (non-hydrogen) atoms. The number of anilines is 1. The third-order valence-corrected chi connectivity index (χ3v) is 5.49. The standard InChI is InChI=1S/C18H19Cl2N5O/c1-12-8-16(25-17(24-12)22-11-23-25)21-10-18(4-6-26-7-5-18)14-3-2-13(19)9-15(14)20/h2-3,8-9,11,21H,4-7,10H2,1H3. The molecule has 1 aliphatic heterocycles. The fourth-order valence-corrected chi connectivity index (χ4v) is 4.15. The van der Waals surface area contributed by atoms with E-state index < -0.39 is 0 Å². The maximum Gasteiger partial charge on any atom is 0.254 e. The van der Waals surface area contributed by atoms with Gasteiger partial charge < -0.3 is 10.1 Å². The van der Waals surface area contributed by atoms with Gasteiger partial charge in [-0.3, -0.25) is 0 Å². The van der Waals surface area contributed by atoms with Gasteiger partial charge in [-0.2, -0.15) is 14.6 Å². The molecule has 0 bridgehead atoms. The fraction of sp³-hybridized carbons (Fsp3) is 0.389. The van der Waals surface area contributed by atoms with Crippen molar-refractivity contribution in [2.45, 2.75) is 25.2 Å². The lowest BCUT2D eigenvalue weighted by Gasteiger charge is -2.38. The third kappa shape index (κ3) is 3.24. The van der Waals surface area contributed by atoms with Gasteiger partial charge in [-0.1, -0.05) is 29.3 Å². The second kappa shape index (κ2) is 7.02. The van der Waals surface area contributed by atoms with Crippen LogP contribution in [0.5, 0.6) is 0 Å². The molecule has 1 fully saturated rings. The first-order valence-corrected chi connectivity index (χ1v) is 9.28. The molecule has 1 aromatic carbocycles. The van der Waals surface area contributed by atoms with E-state index in [1.54, 1.807) is 4.52 Å². The summed E-state index contributed by atoms with van der Waals surface area (Å²) in [5.74, 6) is 1.44. The molecule has 0 saturated carbocycles. The minimum Gasteiger partial charge on any atom is -0.381 e. The van der Waals surface area contributed by atoms with Gasteiger partial charge in [0.1, 0.15) is 12.1 Å². The van der Waals surface area contributed by atoms with E-state index in [4.69, 9.17) is 27.9 Å². The number of rotatable bonds is 4. The van der Waals surface area contributed by atoms with E-state index in [2.05, 4.69) is 20.4 Å². The molecule has 1 saturated heterocycles. The summed E-state index contributed by atoms with van der Waals surface area (Å²) >= 11 is 12.6. The average Bonchev–Trinajstić information content (AvgIpc) is 3.08. The molecule has 0 unspecified atom stereocenters. The molecule has 0 radical (unpaired) electrons. The van der Waals surface area contributed by atoms with Crippen LogP contribution in [0.15, 0.2) is 30.6 Å². The van der Waals surface area contributed by atoms with Crippen molar-refractivity contribution in [1.29, 1.82) is 0 Å². The molecule has 0 aliphatic carbocycles. The molecule has 0 amide bonds. The highest BCUT2D eigenvalue weighted by Crippen LogP contribution is 2.39. The monoisotopic (exact) mass is 391 g/mol. The minimum absolute atomic E-state index is 0.135. The summed E-state index contributed by atoms with van der Waals surface area (Å²) in [5, 5.41) is 9.13. The summed E-state index contributed by atoms with van der Waals surface area (Å²) < 4.78 is 7.32. The predicted molar refractivity (Wildman–Crippen MR) is 102 cm³/mol. The number of hydrogen-bond donors (Lipinski definition) is 1. The van der Waals surface area contributed by atoms with Crippen LogP contribution >= 0.6 is 23.2 Å². The van der Waals surface area contributed by atoms with Gasteiger partial charge in [-0.15, -0.1) is 0 Å². The molecule has 3 aromatic rings. The Kier molecular flexibility index (Phi) is 4.73. The van der Waals surface area contributed by atoms with Crippen LogP contribution in [0.25, 0.3) is 5.78 Å². The summed E-state index contributed by atoms with van der Waals surface area (Å²) in [5.41, 5.74) is 1.85. The largest absolute Gasteiger partial charge is 0.381 e. The average molecular weight is 392 g/mol. The fourth-order valence-electron chi connectivity index (χ4n) is 3.54. The first kappa shape index (κ1) is 17.5. The number of aryl methyl sites for hydroxylation is 1. The van der Waals surface area contributed by atoms with Gasteiger partial charge in [0.25, 0.3) is 5.78 Å². The molecule has 2 aromatic heterocycles. The van der Waals surface area contributed by atoms with Gasteiger partial charge in [-0.05, 0) is 37.5 Å². The first-order chi connectivity index (χ1) is 12.6. The van der Waals surface area contributed by atoms with E-state index in [-0.39, 0.29) is 5.41 Å². The summed E-state index contributed by atoms with van der Waals surface area (Å²) in [6, 6.07) is 7.70. The summed E-state index contributed by atoms with van der Waals surface area (Å²) in [6.07, 6.45) is 3.27. The van der Waals surface area contributed by atoms with E-state index in [0.717, 1.165) is 29.9 Å². The van der Waals surface area contributed by atoms with Crippen LogP contribution in [0.3, 0.4) is 0 Å². The maximum absolute atomic E-state index is 6.55. The summed E-state index contributed by atoms with van der Waals surface area (Å²) in [7, 11) is 0. The predicted octanol–water partition coefficient (Wildman–Crippen LogP) is 3.90. The Bertz CT molecular complexity index is 936. The molecule has 1 N–H and O–H groups in total. The molecule has 8 heteroatoms. The molecule has 0 spiro atoms. The van der Waals surface area contributed by atoms with E-state index in [0.29, 0.717) is 35.6 Å². The van der Waals surface area contributed by atoms with Crippen LogP contribution in [-0.4, -0.2) is 39.3 Å². The van der Waals surface area contributed by atoms with E-state index in [1.165, 1.54) is 6.33 Å². The lowest BCUT2D eigenvalue weighted by atomic mass is 9.74. The smallest absolute Gasteiger partial charge is 0.254 e. The number of nitrogens with one attached hydrogen (secondary N) is 1. The van der Waals surface area contributed by atoms with Crippen molar-refractivity contribution in [3.8, 4) is 0 Å². The molecule has 4 rings (SSSR count). The maximum atomic E-state index is 6.55. The zero-order valence-electron chi connectivity index (χ0n) is 14.4. The highest BCUT2D eigenvalue weighted by atomic mass is 35.5. The van der Waals surface area contributed by atoms with Crippen LogP contribution in [0.1, 0.15) is 24.1 Å². The van der Waals surface area contributed by atoms with Crippen molar-refractivity contribution in [2.75, 3.05) is 25.1 Å². The Morgan fingerprint density at radius 2 is 2.04 bits per heavy atom. The van der Waals surface area contributed by atoms with Gasteiger partial charge in [0, 0.05) is 47.0 Å². The van der Waals surface area contributed by atoms with E-state index in [1.807, 2.05) is 31.2 Å². The molecule has 6 nitrogen and oxygen atoms in total. The van der Waals surface area contributed by atoms with Gasteiger partial charge in [0.15, 0.2) is 0 Å². The number of benzene rings is 1. The number of aromatic nitrogens is 4. The second-order valence-electron chi connectivity index (χ2n) is 6.63. The Balaban J connectivity index is 1.68. The van der Waals surface area contributed by atoms with Gasteiger partial charge >= 0.3 is 0 Å². The highest BCUT2D eigenvalue weighted by molar-refractivity contribution is 6.35. The third-order valence-electron chi connectivity index (χ3n) is 4.94. The minimum atomic E-state index is -0.135. The van der Waals surface area contributed by atoms with Crippen molar-refractivity contribution >= 4 is 34.8 Å². The Hall–Kier alpha value is -1.89. The highest BCUT2D eigenvalue weighted by Gasteiger charge is 2.36. The van der Waals surface area contributed by atoms with Crippen LogP contribution < -0.4 is 5.32 Å². The number of ether oxygens (including phenoxy) is 1. The number of nitrogens with zero attached hydrogens (tertiary/aromatic N) is 4. The van der Waals surface area contributed by atoms with Crippen molar-refractivity contribution in [1.82, 2.24) is 19.6 Å². The quantitative estimate of drug-likeness (QED) is 0.730. The van der Waals surface area contributed by atoms with Crippen LogP contribution in [0.4, 0.5) is 5.82 Å². The van der Waals surface area contributed by atoms with Gasteiger partial charge in [-0.25, -0.2) is 4.98 Å². The Morgan fingerprint density at radius 1 is 1.23 bits per heavy atom. The molecule has 0 atom stereocenters. The van der Waals surface area contributed by atoms with Crippen molar-refractivity contribution in [3.63, 3.8) is 0 Å². The molecular weight excluding hydrogens is 373 g/mol. The zero-order valence-corrected chi connectivity index (χ0v) is 15.9. The first-order valence-electron chi connectivity index (χ1n) is 8.52. The Labute approximate surface area is 161 Å². The number of fused-ring (bicyclic) bond motifs is 1. The number of hydrogen-bond acceptors (Lipinski definition) is 5. The van der Waals surface area contributed by atoms with Crippen molar-refractivity contribution < 1.29 is 4.74 Å². The SMILES string of the molecule is Cc1cc(NCC2(c3ccc(Cl)cc3Cl)CCOCC2)n2ncnc2n1. The van der Waals surface area contributed by atoms with E-state index in [9.17, 15) is 0 Å². The number of halogens is 2. The molecular formula is C18H19Cl2N5O. The summed E-state index contributed by atoms with van der Waals surface area (Å²) in [6.45, 7) is 4.06. The van der Waals surface area contributed by atoms with Crippen LogP contribution in [0, 0.1) is 6.92 Å². The lowest BCUT2D eigenvalue weighted by molar-refractivity contribution is 0.0544. The van der Waals surface area contributed by atoms with Gasteiger partial charge in [0.2, 0.25) is 0 Å².